The predicted octanol–water partition coefficient (Wildman–Crippen LogP) is 9.80. The Morgan fingerprint density at radius 2 is 1.23 bits per heavy atom. The van der Waals surface area contributed by atoms with Gasteiger partial charge >= 0.3 is 0 Å². The summed E-state index contributed by atoms with van der Waals surface area (Å²) in [4.78, 5) is 4.56. The van der Waals surface area contributed by atoms with Gasteiger partial charge in [-0.15, -0.1) is 0 Å². The lowest BCUT2D eigenvalue weighted by Gasteiger charge is -2.34. The number of hydrogen-bond acceptors (Lipinski definition) is 2. The van der Waals surface area contributed by atoms with Gasteiger partial charge in [0.1, 0.15) is 0 Å². The Morgan fingerprint density at radius 1 is 0.535 bits per heavy atom. The smallest absolute Gasteiger partial charge is 0.0992 e. The van der Waals surface area contributed by atoms with Crippen molar-refractivity contribution in [2.24, 2.45) is 0 Å². The summed E-state index contributed by atoms with van der Waals surface area (Å²) in [7, 11) is 0. The van der Waals surface area contributed by atoms with E-state index in [0.29, 0.717) is 5.56 Å². The highest BCUT2D eigenvalue weighted by molar-refractivity contribution is 6.04. The van der Waals surface area contributed by atoms with Gasteiger partial charge in [0.2, 0.25) is 0 Å². The Labute approximate surface area is 251 Å². The number of benzene rings is 6. The molecule has 1 heterocycles. The average molecular weight is 547 g/mol. The van der Waals surface area contributed by atoms with Crippen molar-refractivity contribution < 1.29 is 0 Å². The molecule has 0 atom stereocenters. The van der Waals surface area contributed by atoms with Crippen LogP contribution < -0.4 is 0 Å². The molecule has 200 valence electrons. The maximum atomic E-state index is 9.43. The molecule has 2 nitrogen and oxygen atoms in total. The van der Waals surface area contributed by atoms with E-state index in [9.17, 15) is 5.26 Å². The lowest BCUT2D eigenvalue weighted by Crippen LogP contribution is -2.28. The van der Waals surface area contributed by atoms with Crippen molar-refractivity contribution in [1.82, 2.24) is 4.98 Å². The minimum absolute atomic E-state index is 0.479. The van der Waals surface area contributed by atoms with Crippen molar-refractivity contribution >= 4 is 10.8 Å². The molecule has 0 saturated heterocycles. The fraction of sp³-hybridized carbons (Fsp3) is 0.0244. The van der Waals surface area contributed by atoms with Gasteiger partial charge in [-0.3, -0.25) is 4.98 Å². The number of pyridine rings is 1. The topological polar surface area (TPSA) is 36.7 Å². The van der Waals surface area contributed by atoms with Gasteiger partial charge in [-0.05, 0) is 79.5 Å². The Balaban J connectivity index is 1.42. The standard InChI is InChI=1S/C41H26N2/c42-27-28-22-23-43-39(24-28)32-12-9-11-30(25-32)31-18-20-36-38(26-31)41(33-13-3-1-4-14-33,34-15-5-2-6-16-34)37-21-19-29-10-7-8-17-35(29)40(36)37/h1-26H. The largest absolute Gasteiger partial charge is 0.256 e. The van der Waals surface area contributed by atoms with Gasteiger partial charge in [-0.1, -0.05) is 127 Å². The van der Waals surface area contributed by atoms with Gasteiger partial charge in [-0.2, -0.15) is 5.26 Å². The van der Waals surface area contributed by atoms with Crippen LogP contribution in [-0.4, -0.2) is 4.98 Å². The molecule has 0 unspecified atom stereocenters. The molecule has 1 aromatic heterocycles. The Hall–Kier alpha value is -5.78. The maximum absolute atomic E-state index is 9.43. The number of nitrogens with zero attached hydrogens (tertiary/aromatic N) is 2. The van der Waals surface area contributed by atoms with Crippen molar-refractivity contribution in [3.63, 3.8) is 0 Å². The molecule has 2 heteroatoms. The van der Waals surface area contributed by atoms with E-state index < -0.39 is 5.41 Å². The molecule has 0 amide bonds. The van der Waals surface area contributed by atoms with E-state index in [1.807, 2.05) is 6.07 Å². The number of hydrogen-bond donors (Lipinski definition) is 0. The van der Waals surface area contributed by atoms with Crippen LogP contribution in [0, 0.1) is 11.3 Å². The Kier molecular flexibility index (Phi) is 5.77. The van der Waals surface area contributed by atoms with E-state index in [-0.39, 0.29) is 0 Å². The summed E-state index contributed by atoms with van der Waals surface area (Å²) in [6.07, 6.45) is 1.70. The number of nitriles is 1. The highest BCUT2D eigenvalue weighted by atomic mass is 14.7. The van der Waals surface area contributed by atoms with E-state index in [4.69, 9.17) is 0 Å². The van der Waals surface area contributed by atoms with E-state index >= 15 is 0 Å². The summed E-state index contributed by atoms with van der Waals surface area (Å²) in [5.74, 6) is 0. The van der Waals surface area contributed by atoms with E-state index in [2.05, 4.69) is 151 Å². The van der Waals surface area contributed by atoms with Crippen molar-refractivity contribution in [2.45, 2.75) is 5.41 Å². The van der Waals surface area contributed by atoms with Gasteiger partial charge in [0.25, 0.3) is 0 Å². The first-order chi connectivity index (χ1) is 21.3. The zero-order valence-electron chi connectivity index (χ0n) is 23.4. The third-order valence-corrected chi connectivity index (χ3v) is 8.82. The second-order valence-electron chi connectivity index (χ2n) is 11.1. The van der Waals surface area contributed by atoms with Gasteiger partial charge in [0.15, 0.2) is 0 Å². The first-order valence-electron chi connectivity index (χ1n) is 14.5. The van der Waals surface area contributed by atoms with Crippen molar-refractivity contribution in [3.05, 3.63) is 186 Å². The summed E-state index contributed by atoms with van der Waals surface area (Å²) in [6.45, 7) is 0. The number of aromatic nitrogens is 1. The van der Waals surface area contributed by atoms with Crippen molar-refractivity contribution in [1.29, 1.82) is 5.26 Å². The molecule has 43 heavy (non-hydrogen) atoms. The van der Waals surface area contributed by atoms with E-state index in [1.54, 1.807) is 12.3 Å². The van der Waals surface area contributed by atoms with Gasteiger partial charge < -0.3 is 0 Å². The minimum atomic E-state index is -0.479. The molecule has 1 aliphatic rings. The molecule has 0 radical (unpaired) electrons. The SMILES string of the molecule is N#Cc1ccnc(-c2cccc(-c3ccc4c(c3)C(c3ccccc3)(c3ccccc3)c3ccc5ccccc5c3-4)c2)c1. The van der Waals surface area contributed by atoms with Crippen LogP contribution in [0.1, 0.15) is 27.8 Å². The highest BCUT2D eigenvalue weighted by Crippen LogP contribution is 2.58. The van der Waals surface area contributed by atoms with Crippen LogP contribution in [0.4, 0.5) is 0 Å². The van der Waals surface area contributed by atoms with Crippen LogP contribution in [0.25, 0.3) is 44.3 Å². The Morgan fingerprint density at radius 3 is 2.00 bits per heavy atom. The highest BCUT2D eigenvalue weighted by Gasteiger charge is 2.46. The normalized spacial score (nSPS) is 12.8. The second kappa shape index (κ2) is 9.94. The van der Waals surface area contributed by atoms with Crippen molar-refractivity contribution in [2.75, 3.05) is 0 Å². The van der Waals surface area contributed by atoms with Crippen LogP contribution >= 0.6 is 0 Å². The average Bonchev–Trinajstić information content (AvgIpc) is 3.40. The second-order valence-corrected chi connectivity index (χ2v) is 11.1. The molecule has 6 aromatic carbocycles. The molecular weight excluding hydrogens is 520 g/mol. The zero-order chi connectivity index (χ0) is 28.8. The summed E-state index contributed by atoms with van der Waals surface area (Å²) in [5, 5.41) is 11.9. The molecule has 8 rings (SSSR count). The van der Waals surface area contributed by atoms with Gasteiger partial charge in [0.05, 0.1) is 22.7 Å². The fourth-order valence-corrected chi connectivity index (χ4v) is 6.95. The van der Waals surface area contributed by atoms with Crippen LogP contribution in [0.5, 0.6) is 0 Å². The fourth-order valence-electron chi connectivity index (χ4n) is 6.95. The van der Waals surface area contributed by atoms with Crippen LogP contribution in [0.2, 0.25) is 0 Å². The molecular formula is C41H26N2. The molecule has 7 aromatic rings. The quantitative estimate of drug-likeness (QED) is 0.220. The molecule has 0 aliphatic heterocycles. The minimum Gasteiger partial charge on any atom is -0.256 e. The monoisotopic (exact) mass is 546 g/mol. The first-order valence-corrected chi connectivity index (χ1v) is 14.5. The molecule has 0 bridgehead atoms. The Bertz CT molecular complexity index is 2150. The van der Waals surface area contributed by atoms with Crippen LogP contribution in [0.15, 0.2) is 158 Å². The third kappa shape index (κ3) is 3.83. The first kappa shape index (κ1) is 25.0. The van der Waals surface area contributed by atoms with Crippen molar-refractivity contribution in [3.8, 4) is 39.6 Å². The third-order valence-electron chi connectivity index (χ3n) is 8.82. The molecule has 0 fully saturated rings. The summed E-state index contributed by atoms with van der Waals surface area (Å²) >= 11 is 0. The lowest BCUT2D eigenvalue weighted by atomic mass is 9.67. The molecule has 1 aliphatic carbocycles. The zero-order valence-corrected chi connectivity index (χ0v) is 23.4. The van der Waals surface area contributed by atoms with Crippen LogP contribution in [-0.2, 0) is 5.41 Å². The summed E-state index contributed by atoms with van der Waals surface area (Å²) < 4.78 is 0. The van der Waals surface area contributed by atoms with Gasteiger partial charge in [0, 0.05) is 11.8 Å². The lowest BCUT2D eigenvalue weighted by molar-refractivity contribution is 0.769. The summed E-state index contributed by atoms with van der Waals surface area (Å²) in [6, 6.07) is 56.4. The number of fused-ring (bicyclic) bond motifs is 5. The molecule has 0 saturated carbocycles. The van der Waals surface area contributed by atoms with E-state index in [1.165, 1.54) is 44.2 Å². The van der Waals surface area contributed by atoms with Crippen LogP contribution in [0.3, 0.4) is 0 Å². The molecule has 0 spiro atoms. The number of rotatable bonds is 4. The van der Waals surface area contributed by atoms with Gasteiger partial charge in [-0.25, -0.2) is 0 Å². The maximum Gasteiger partial charge on any atom is 0.0992 e. The predicted molar refractivity (Wildman–Crippen MR) is 175 cm³/mol. The van der Waals surface area contributed by atoms with E-state index in [0.717, 1.165) is 22.4 Å². The molecule has 0 N–H and O–H groups in total. The summed E-state index contributed by atoms with van der Waals surface area (Å²) in [5.41, 5.74) is 11.8.